The summed E-state index contributed by atoms with van der Waals surface area (Å²) in [6.07, 6.45) is -4.76. The molecule has 8 nitrogen and oxygen atoms in total. The molecule has 2 aromatic rings. The van der Waals surface area contributed by atoms with Gasteiger partial charge in [-0.15, -0.1) is 0 Å². The lowest BCUT2D eigenvalue weighted by Crippen LogP contribution is -2.48. The number of amides is 1. The van der Waals surface area contributed by atoms with Crippen molar-refractivity contribution in [1.29, 1.82) is 0 Å². The number of ether oxygens (including phenoxy) is 4. The molecule has 0 unspecified atom stereocenters. The van der Waals surface area contributed by atoms with Gasteiger partial charge < -0.3 is 29.0 Å². The third kappa shape index (κ3) is 3.63. The number of carboxylic acid groups (broad SMARTS) is 1. The van der Waals surface area contributed by atoms with E-state index in [1.165, 1.54) is 44.6 Å². The van der Waals surface area contributed by atoms with Crippen molar-refractivity contribution in [2.75, 3.05) is 27.6 Å². The Balaban J connectivity index is 1.94. The highest BCUT2D eigenvalue weighted by molar-refractivity contribution is 6.01. The Morgan fingerprint density at radius 1 is 1.12 bits per heavy atom. The fourth-order valence-corrected chi connectivity index (χ4v) is 4.07. The molecular formula is C21H18F3NO7. The van der Waals surface area contributed by atoms with E-state index in [9.17, 15) is 27.9 Å². The zero-order valence-corrected chi connectivity index (χ0v) is 16.9. The van der Waals surface area contributed by atoms with Crippen molar-refractivity contribution >= 4 is 11.9 Å². The number of benzene rings is 2. The Bertz CT molecular complexity index is 1090. The van der Waals surface area contributed by atoms with Crippen LogP contribution < -0.4 is 18.9 Å². The number of carboxylic acids is 1. The van der Waals surface area contributed by atoms with Crippen LogP contribution in [0.15, 0.2) is 30.3 Å². The second-order valence-corrected chi connectivity index (χ2v) is 7.22. The minimum absolute atomic E-state index is 0.0289. The van der Waals surface area contributed by atoms with Gasteiger partial charge in [-0.3, -0.25) is 9.59 Å². The van der Waals surface area contributed by atoms with Gasteiger partial charge in [-0.2, -0.15) is 13.2 Å². The van der Waals surface area contributed by atoms with Crippen LogP contribution in [0.3, 0.4) is 0 Å². The number of rotatable bonds is 5. The Hall–Kier alpha value is -3.63. The predicted molar refractivity (Wildman–Crippen MR) is 102 cm³/mol. The normalized spacial score (nSPS) is 19.5. The lowest BCUT2D eigenvalue weighted by atomic mass is 9.79. The highest BCUT2D eigenvalue weighted by atomic mass is 19.4. The van der Waals surface area contributed by atoms with Gasteiger partial charge >= 0.3 is 12.1 Å². The first-order valence-electron chi connectivity index (χ1n) is 9.40. The molecule has 2 aromatic carbocycles. The zero-order chi connectivity index (χ0) is 23.2. The highest BCUT2D eigenvalue weighted by Crippen LogP contribution is 2.48. The third-order valence-electron chi connectivity index (χ3n) is 5.39. The molecule has 0 radical (unpaired) electrons. The van der Waals surface area contributed by atoms with Crippen LogP contribution in [0.4, 0.5) is 13.2 Å². The highest BCUT2D eigenvalue weighted by Gasteiger charge is 2.48. The summed E-state index contributed by atoms with van der Waals surface area (Å²) >= 11 is 0. The molecule has 2 aliphatic heterocycles. The number of hydrogen-bond donors (Lipinski definition) is 1. The summed E-state index contributed by atoms with van der Waals surface area (Å²) in [5, 5.41) is 10.1. The average Bonchev–Trinajstić information content (AvgIpc) is 3.21. The van der Waals surface area contributed by atoms with Gasteiger partial charge in [0.05, 0.1) is 20.3 Å². The Morgan fingerprint density at radius 2 is 1.78 bits per heavy atom. The SMILES string of the molecule is COc1cc2c(cc1OC)[C@@H](C(=O)O)[C@@H](c1ccc3c(c1)OCO3)N(CC(F)(F)F)C2=O. The summed E-state index contributed by atoms with van der Waals surface area (Å²) < 4.78 is 61.3. The van der Waals surface area contributed by atoms with Crippen LogP contribution in [0, 0.1) is 0 Å². The number of alkyl halides is 3. The molecule has 0 spiro atoms. The molecule has 4 rings (SSSR count). The van der Waals surface area contributed by atoms with Crippen molar-refractivity contribution in [3.63, 3.8) is 0 Å². The van der Waals surface area contributed by atoms with E-state index in [0.29, 0.717) is 10.6 Å². The minimum Gasteiger partial charge on any atom is -0.493 e. The lowest BCUT2D eigenvalue weighted by molar-refractivity contribution is -0.153. The second-order valence-electron chi connectivity index (χ2n) is 7.22. The maximum atomic E-state index is 13.5. The standard InChI is InChI=1S/C21H18F3NO7/c1-29-14-6-11-12(7-15(14)30-2)19(26)25(8-21(22,23)24)18(17(11)20(27)28)10-3-4-13-16(5-10)32-9-31-13/h3-7,17-18H,8-9H2,1-2H3,(H,27,28)/t17-,18-/m1/s1. The molecule has 2 heterocycles. The molecule has 1 N–H and O–H groups in total. The van der Waals surface area contributed by atoms with E-state index in [-0.39, 0.29) is 40.7 Å². The number of carbonyl (C=O) groups excluding carboxylic acids is 1. The molecule has 0 aliphatic carbocycles. The fraction of sp³-hybridized carbons (Fsp3) is 0.333. The smallest absolute Gasteiger partial charge is 0.406 e. The van der Waals surface area contributed by atoms with E-state index in [1.807, 2.05) is 0 Å². The average molecular weight is 453 g/mol. The number of nitrogens with zero attached hydrogens (tertiary/aromatic N) is 1. The van der Waals surface area contributed by atoms with Crippen LogP contribution in [0.2, 0.25) is 0 Å². The van der Waals surface area contributed by atoms with Crippen molar-refractivity contribution < 1.29 is 46.8 Å². The molecule has 11 heteroatoms. The molecule has 0 aromatic heterocycles. The first kappa shape index (κ1) is 21.6. The maximum Gasteiger partial charge on any atom is 0.406 e. The number of fused-ring (bicyclic) bond motifs is 2. The quantitative estimate of drug-likeness (QED) is 0.742. The molecule has 0 saturated heterocycles. The molecule has 2 aliphatic rings. The second kappa shape index (κ2) is 7.81. The van der Waals surface area contributed by atoms with Crippen LogP contribution in [0.25, 0.3) is 0 Å². The minimum atomic E-state index is -4.76. The van der Waals surface area contributed by atoms with E-state index in [0.717, 1.165) is 0 Å². The maximum absolute atomic E-state index is 13.5. The van der Waals surface area contributed by atoms with Crippen molar-refractivity contribution in [2.45, 2.75) is 18.1 Å². The molecule has 32 heavy (non-hydrogen) atoms. The number of aliphatic carboxylic acids is 1. The third-order valence-corrected chi connectivity index (χ3v) is 5.39. The molecular weight excluding hydrogens is 435 g/mol. The van der Waals surface area contributed by atoms with Gasteiger partial charge in [0.25, 0.3) is 5.91 Å². The van der Waals surface area contributed by atoms with Gasteiger partial charge in [0.1, 0.15) is 12.5 Å². The van der Waals surface area contributed by atoms with Gasteiger partial charge in [-0.05, 0) is 35.4 Å². The van der Waals surface area contributed by atoms with Gasteiger partial charge in [-0.1, -0.05) is 6.07 Å². The molecule has 170 valence electrons. The Labute approximate surface area is 180 Å². The van der Waals surface area contributed by atoms with Crippen LogP contribution >= 0.6 is 0 Å². The summed E-state index contributed by atoms with van der Waals surface area (Å²) in [6, 6.07) is 5.35. The van der Waals surface area contributed by atoms with Crippen molar-refractivity contribution in [1.82, 2.24) is 4.90 Å². The van der Waals surface area contributed by atoms with Crippen molar-refractivity contribution in [3.8, 4) is 23.0 Å². The fourth-order valence-electron chi connectivity index (χ4n) is 4.07. The van der Waals surface area contributed by atoms with Crippen molar-refractivity contribution in [3.05, 3.63) is 47.0 Å². The summed E-state index contributed by atoms with van der Waals surface area (Å²) in [7, 11) is 2.63. The largest absolute Gasteiger partial charge is 0.493 e. The first-order valence-corrected chi connectivity index (χ1v) is 9.40. The number of carbonyl (C=O) groups is 2. The van der Waals surface area contributed by atoms with Gasteiger partial charge in [0.2, 0.25) is 6.79 Å². The number of methoxy groups -OCH3 is 2. The van der Waals surface area contributed by atoms with Gasteiger partial charge in [0.15, 0.2) is 23.0 Å². The van der Waals surface area contributed by atoms with Gasteiger partial charge in [0, 0.05) is 5.56 Å². The van der Waals surface area contributed by atoms with Crippen LogP contribution in [-0.2, 0) is 4.79 Å². The predicted octanol–water partition coefficient (Wildman–Crippen LogP) is 3.36. The van der Waals surface area contributed by atoms with Crippen molar-refractivity contribution in [2.24, 2.45) is 0 Å². The van der Waals surface area contributed by atoms with Crippen LogP contribution in [0.1, 0.15) is 33.4 Å². The zero-order valence-electron chi connectivity index (χ0n) is 16.9. The Kier molecular flexibility index (Phi) is 5.27. The molecule has 1 amide bonds. The van der Waals surface area contributed by atoms with Gasteiger partial charge in [-0.25, -0.2) is 0 Å². The lowest BCUT2D eigenvalue weighted by Gasteiger charge is -2.41. The summed E-state index contributed by atoms with van der Waals surface area (Å²) in [6.45, 7) is -1.71. The van der Waals surface area contributed by atoms with E-state index < -0.39 is 36.6 Å². The topological polar surface area (TPSA) is 94.5 Å². The molecule has 2 atom stereocenters. The Morgan fingerprint density at radius 3 is 2.41 bits per heavy atom. The van der Waals surface area contributed by atoms with E-state index in [4.69, 9.17) is 18.9 Å². The number of hydrogen-bond acceptors (Lipinski definition) is 6. The number of halogens is 3. The summed E-state index contributed by atoms with van der Waals surface area (Å²) in [4.78, 5) is 26.1. The van der Waals surface area contributed by atoms with E-state index >= 15 is 0 Å². The molecule has 0 saturated carbocycles. The molecule has 0 bridgehead atoms. The summed E-state index contributed by atoms with van der Waals surface area (Å²) in [5.74, 6) is -3.01. The van der Waals surface area contributed by atoms with Crippen LogP contribution in [0.5, 0.6) is 23.0 Å². The molecule has 0 fully saturated rings. The first-order chi connectivity index (χ1) is 15.1. The van der Waals surface area contributed by atoms with E-state index in [1.54, 1.807) is 0 Å². The monoisotopic (exact) mass is 453 g/mol. The van der Waals surface area contributed by atoms with Crippen LogP contribution in [-0.4, -0.2) is 55.6 Å². The van der Waals surface area contributed by atoms with E-state index in [2.05, 4.69) is 0 Å². The summed E-state index contributed by atoms with van der Waals surface area (Å²) in [5.41, 5.74) is -0.00257.